The van der Waals surface area contributed by atoms with Gasteiger partial charge in [-0.15, -0.1) is 0 Å². The quantitative estimate of drug-likeness (QED) is 0.0949. The van der Waals surface area contributed by atoms with E-state index in [1.807, 2.05) is 36.4 Å². The van der Waals surface area contributed by atoms with E-state index in [1.54, 1.807) is 13.8 Å². The summed E-state index contributed by atoms with van der Waals surface area (Å²) >= 11 is -0.110. The van der Waals surface area contributed by atoms with Gasteiger partial charge in [-0.1, -0.05) is 6.58 Å². The van der Waals surface area contributed by atoms with E-state index in [9.17, 15) is 14.7 Å². The Morgan fingerprint density at radius 1 is 0.778 bits per heavy atom. The van der Waals surface area contributed by atoms with Gasteiger partial charge in [0.15, 0.2) is 0 Å². The van der Waals surface area contributed by atoms with Crippen LogP contribution in [0, 0.1) is 0 Å². The zero-order chi connectivity index (χ0) is 33.6. The SMILES string of the molecule is C=C(C)C(=O)OCC(O)COc1ccc(C(C)(C)c2ccc(OCC(COC(=O)C(=C)C)OS(CC)(CC)[I-]CC)cc2)cc1. The number of aliphatic hydroxyl groups excluding tert-OH is 1. The summed E-state index contributed by atoms with van der Waals surface area (Å²) in [6.07, 6.45) is -1.31. The molecule has 10 heteroatoms. The van der Waals surface area contributed by atoms with E-state index in [4.69, 9.17) is 23.1 Å². The van der Waals surface area contributed by atoms with Crippen molar-refractivity contribution in [3.05, 3.63) is 84.0 Å². The topological polar surface area (TPSA) is 101 Å². The zero-order valence-corrected chi connectivity index (χ0v) is 30.7. The monoisotopic (exact) mass is 757 g/mol. The second-order valence-electron chi connectivity index (χ2n) is 11.1. The minimum Gasteiger partial charge on any atom is -0.0197 e. The third-order valence-electron chi connectivity index (χ3n) is 7.01. The number of aliphatic hydroxyl groups is 1. The van der Waals surface area contributed by atoms with Crippen LogP contribution in [0.15, 0.2) is 72.8 Å². The molecule has 0 heterocycles. The molecule has 45 heavy (non-hydrogen) atoms. The summed E-state index contributed by atoms with van der Waals surface area (Å²) in [5, 5.41) is 10.1. The van der Waals surface area contributed by atoms with Crippen LogP contribution in [0.2, 0.25) is 0 Å². The van der Waals surface area contributed by atoms with Crippen LogP contribution in [-0.4, -0.2) is 71.6 Å². The molecule has 0 fully saturated rings. The Morgan fingerprint density at radius 3 is 1.64 bits per heavy atom. The van der Waals surface area contributed by atoms with E-state index < -0.39 is 25.5 Å². The number of hydrogen-bond acceptors (Lipinski definition) is 8. The van der Waals surface area contributed by atoms with Crippen LogP contribution >= 0.6 is 7.48 Å². The van der Waals surface area contributed by atoms with Gasteiger partial charge in [0.25, 0.3) is 0 Å². The Bertz CT molecular complexity index is 1260. The average molecular weight is 758 g/mol. The molecule has 2 unspecified atom stereocenters. The molecule has 252 valence electrons. The van der Waals surface area contributed by atoms with Crippen LogP contribution in [-0.2, 0) is 28.7 Å². The van der Waals surface area contributed by atoms with Gasteiger partial charge in [0, 0.05) is 5.57 Å². The maximum absolute atomic E-state index is 12.1. The molecule has 0 amide bonds. The summed E-state index contributed by atoms with van der Waals surface area (Å²) in [6.45, 7) is 21.5. The fraction of sp³-hybridized carbons (Fsp3) is 0.486. The molecule has 0 aliphatic heterocycles. The number of hydrogen-bond donors (Lipinski definition) is 1. The second kappa shape index (κ2) is 18.6. The number of rotatable bonds is 20. The average Bonchev–Trinajstić information content (AvgIpc) is 3.03. The normalized spacial score (nSPS) is 13.4. The third-order valence-corrected chi connectivity index (χ3v) is 19.6. The molecule has 0 aromatic heterocycles. The number of halogens is 1. The van der Waals surface area contributed by atoms with Gasteiger partial charge in [-0.25, -0.2) is 4.79 Å². The van der Waals surface area contributed by atoms with Crippen molar-refractivity contribution in [2.45, 2.75) is 66.1 Å². The minimum absolute atomic E-state index is 0.00474. The van der Waals surface area contributed by atoms with Crippen molar-refractivity contribution in [3.63, 3.8) is 0 Å². The third kappa shape index (κ3) is 12.3. The number of benzene rings is 2. The van der Waals surface area contributed by atoms with Crippen molar-refractivity contribution in [2.75, 3.05) is 42.4 Å². The summed E-state index contributed by atoms with van der Waals surface area (Å²) in [4.78, 5) is 23.6. The van der Waals surface area contributed by atoms with Gasteiger partial charge in [0.2, 0.25) is 0 Å². The number of alkyl halides is 1. The zero-order valence-electron chi connectivity index (χ0n) is 27.7. The molecule has 0 radical (unpaired) electrons. The van der Waals surface area contributed by atoms with Gasteiger partial charge in [-0.2, -0.15) is 0 Å². The van der Waals surface area contributed by atoms with Gasteiger partial charge < -0.3 is 14.6 Å². The summed E-state index contributed by atoms with van der Waals surface area (Å²) < 4.78 is 30.1. The van der Waals surface area contributed by atoms with Crippen molar-refractivity contribution < 1.29 is 57.6 Å². The number of ether oxygens (including phenoxy) is 4. The van der Waals surface area contributed by atoms with Crippen LogP contribution in [0.3, 0.4) is 0 Å². The molecular formula is C35H50IO8S-. The number of esters is 2. The molecule has 0 saturated heterocycles. The van der Waals surface area contributed by atoms with Crippen molar-refractivity contribution in [1.82, 2.24) is 0 Å². The molecule has 0 spiro atoms. The number of carbonyl (C=O) groups is 2. The van der Waals surface area contributed by atoms with Crippen molar-refractivity contribution >= 4 is 19.4 Å². The first-order chi connectivity index (χ1) is 21.3. The van der Waals surface area contributed by atoms with Crippen LogP contribution in [0.1, 0.15) is 59.6 Å². The maximum atomic E-state index is 12.1. The standard InChI is InChI=1S/C35H50IO8S/c1-10-36-45(11-2,12-3)44-32(24-43-34(39)26(6)7)23-41-31-19-15-28(16-20-31)35(8,9)27-13-17-30(18-14-27)40-21-29(37)22-42-33(38)25(4)5/h13-20,29,32,37H,4,6,10-12,21-24H2,1-3,5,7-9H3/q-1. The predicted octanol–water partition coefficient (Wildman–Crippen LogP) is 3.54. The van der Waals surface area contributed by atoms with E-state index in [-0.39, 0.29) is 63.3 Å². The van der Waals surface area contributed by atoms with Gasteiger partial charge in [-0.3, -0.25) is 0 Å². The molecule has 0 aliphatic carbocycles. The molecule has 0 saturated carbocycles. The first kappa shape index (κ1) is 38.6. The van der Waals surface area contributed by atoms with E-state index in [1.165, 1.54) is 0 Å². The van der Waals surface area contributed by atoms with E-state index >= 15 is 0 Å². The Kier molecular flexibility index (Phi) is 15.9. The van der Waals surface area contributed by atoms with Crippen LogP contribution in [0.25, 0.3) is 0 Å². The fourth-order valence-corrected chi connectivity index (χ4v) is 13.6. The van der Waals surface area contributed by atoms with Crippen LogP contribution < -0.4 is 29.3 Å². The Hall–Kier alpha value is -2.54. The van der Waals surface area contributed by atoms with Gasteiger partial charge in [0.05, 0.1) is 0 Å². The molecular weight excluding hydrogens is 707 g/mol. The van der Waals surface area contributed by atoms with Crippen LogP contribution in [0.5, 0.6) is 11.5 Å². The van der Waals surface area contributed by atoms with Crippen molar-refractivity contribution in [1.29, 1.82) is 0 Å². The van der Waals surface area contributed by atoms with Crippen molar-refractivity contribution in [3.8, 4) is 11.5 Å². The van der Waals surface area contributed by atoms with Gasteiger partial charge in [-0.05, 0) is 19.1 Å². The Labute approximate surface area is 279 Å². The van der Waals surface area contributed by atoms with Gasteiger partial charge in [0.1, 0.15) is 25.1 Å². The summed E-state index contributed by atoms with van der Waals surface area (Å²) in [7, 11) is -1.20. The summed E-state index contributed by atoms with van der Waals surface area (Å²) in [5.41, 5.74) is 2.53. The van der Waals surface area contributed by atoms with Crippen LogP contribution in [0.4, 0.5) is 0 Å². The van der Waals surface area contributed by atoms with Crippen molar-refractivity contribution in [2.24, 2.45) is 0 Å². The Balaban J connectivity index is 2.04. The predicted molar refractivity (Wildman–Crippen MR) is 178 cm³/mol. The minimum atomic E-state index is -1.20. The summed E-state index contributed by atoms with van der Waals surface area (Å²) in [6, 6.07) is 15.7. The Morgan fingerprint density at radius 2 is 1.22 bits per heavy atom. The molecule has 0 bridgehead atoms. The number of carbonyl (C=O) groups excluding carboxylic acids is 2. The second-order valence-corrected chi connectivity index (χ2v) is 22.3. The molecule has 0 aliphatic rings. The van der Waals surface area contributed by atoms with Gasteiger partial charge >= 0.3 is 205 Å². The first-order valence-corrected chi connectivity index (χ1v) is 21.1. The smallest absolute Gasteiger partial charge is 0.0197 e. The molecule has 2 rings (SSSR count). The molecule has 8 nitrogen and oxygen atoms in total. The van der Waals surface area contributed by atoms with E-state index in [0.717, 1.165) is 27.1 Å². The molecule has 2 aromatic rings. The fourth-order valence-electron chi connectivity index (χ4n) is 4.19. The summed E-state index contributed by atoms with van der Waals surface area (Å²) in [5.74, 6) is 2.33. The molecule has 2 aromatic carbocycles. The molecule has 2 atom stereocenters. The first-order valence-electron chi connectivity index (χ1n) is 15.1. The van der Waals surface area contributed by atoms with E-state index in [0.29, 0.717) is 17.1 Å². The molecule has 1 N–H and O–H groups in total. The van der Waals surface area contributed by atoms with E-state index in [2.05, 4.69) is 59.9 Å².